The Morgan fingerprint density at radius 1 is 1.60 bits per heavy atom. The Labute approximate surface area is 90.2 Å². The number of hydrogen-bond acceptors (Lipinski definition) is 4. The molecule has 0 saturated carbocycles. The van der Waals surface area contributed by atoms with Gasteiger partial charge in [-0.05, 0) is 6.42 Å². The molecule has 1 aromatic rings. The number of nitrogens with zero attached hydrogens (tertiary/aromatic N) is 2. The lowest BCUT2D eigenvalue weighted by molar-refractivity contribution is 0.574. The Bertz CT molecular complexity index is 411. The summed E-state index contributed by atoms with van der Waals surface area (Å²) in [7, 11) is -3.06. The predicted molar refractivity (Wildman–Crippen MR) is 59.2 cm³/mol. The minimum Gasteiger partial charge on any atom is -0.334 e. The molecule has 1 rings (SSSR count). The summed E-state index contributed by atoms with van der Waals surface area (Å²) < 4.78 is 24.1. The van der Waals surface area contributed by atoms with Crippen LogP contribution in [0, 0.1) is 0 Å². The summed E-state index contributed by atoms with van der Waals surface area (Å²) in [6.07, 6.45) is 5.61. The molecule has 15 heavy (non-hydrogen) atoms. The SMILES string of the molecule is CCCn1ccnc1C(N)CS(C)(=O)=O. The van der Waals surface area contributed by atoms with Crippen molar-refractivity contribution in [1.29, 1.82) is 0 Å². The highest BCUT2D eigenvalue weighted by Gasteiger charge is 2.17. The molecule has 0 aromatic carbocycles. The Morgan fingerprint density at radius 3 is 2.80 bits per heavy atom. The molecule has 5 nitrogen and oxygen atoms in total. The third-order valence-corrected chi connectivity index (χ3v) is 2.99. The highest BCUT2D eigenvalue weighted by atomic mass is 32.2. The second-order valence-corrected chi connectivity index (χ2v) is 5.86. The molecule has 1 aromatic heterocycles. The van der Waals surface area contributed by atoms with Gasteiger partial charge in [0.1, 0.15) is 15.7 Å². The van der Waals surface area contributed by atoms with Crippen molar-refractivity contribution in [2.45, 2.75) is 25.9 Å². The van der Waals surface area contributed by atoms with E-state index in [-0.39, 0.29) is 5.75 Å². The van der Waals surface area contributed by atoms with E-state index in [0.717, 1.165) is 13.0 Å². The number of imidazole rings is 1. The molecule has 0 aliphatic rings. The fraction of sp³-hybridized carbons (Fsp3) is 0.667. The second-order valence-electron chi connectivity index (χ2n) is 3.68. The van der Waals surface area contributed by atoms with E-state index in [1.807, 2.05) is 17.7 Å². The highest BCUT2D eigenvalue weighted by molar-refractivity contribution is 7.90. The summed E-state index contributed by atoms with van der Waals surface area (Å²) >= 11 is 0. The standard InChI is InChI=1S/C9H17N3O2S/c1-3-5-12-6-4-11-9(12)8(10)7-15(2,13)14/h4,6,8H,3,5,7,10H2,1-2H3. The predicted octanol–water partition coefficient (Wildman–Crippen LogP) is 0.338. The number of sulfone groups is 1. The van der Waals surface area contributed by atoms with E-state index >= 15 is 0 Å². The zero-order chi connectivity index (χ0) is 11.5. The molecule has 0 spiro atoms. The van der Waals surface area contributed by atoms with Gasteiger partial charge >= 0.3 is 0 Å². The van der Waals surface area contributed by atoms with Crippen LogP contribution in [0.2, 0.25) is 0 Å². The van der Waals surface area contributed by atoms with E-state index < -0.39 is 15.9 Å². The average Bonchev–Trinajstić information content (AvgIpc) is 2.49. The van der Waals surface area contributed by atoms with Crippen LogP contribution in [0.1, 0.15) is 25.2 Å². The van der Waals surface area contributed by atoms with Gasteiger partial charge in [0.25, 0.3) is 0 Å². The van der Waals surface area contributed by atoms with E-state index in [4.69, 9.17) is 5.73 Å². The lowest BCUT2D eigenvalue weighted by Crippen LogP contribution is -2.24. The van der Waals surface area contributed by atoms with E-state index in [0.29, 0.717) is 5.82 Å². The molecule has 0 bridgehead atoms. The van der Waals surface area contributed by atoms with Gasteiger partial charge in [0.05, 0.1) is 11.8 Å². The zero-order valence-corrected chi connectivity index (χ0v) is 9.87. The minimum atomic E-state index is -3.06. The summed E-state index contributed by atoms with van der Waals surface area (Å²) in [5, 5.41) is 0. The topological polar surface area (TPSA) is 78.0 Å². The van der Waals surface area contributed by atoms with Crippen molar-refractivity contribution < 1.29 is 8.42 Å². The van der Waals surface area contributed by atoms with Crippen LogP contribution in [-0.2, 0) is 16.4 Å². The number of nitrogens with two attached hydrogens (primary N) is 1. The molecule has 0 aliphatic carbocycles. The molecule has 1 unspecified atom stereocenters. The van der Waals surface area contributed by atoms with Crippen molar-refractivity contribution in [3.63, 3.8) is 0 Å². The number of aryl methyl sites for hydroxylation is 1. The molecule has 2 N–H and O–H groups in total. The molecule has 0 fully saturated rings. The van der Waals surface area contributed by atoms with Crippen LogP contribution in [0.5, 0.6) is 0 Å². The first-order valence-corrected chi connectivity index (χ1v) is 6.94. The largest absolute Gasteiger partial charge is 0.334 e. The maximum Gasteiger partial charge on any atom is 0.149 e. The van der Waals surface area contributed by atoms with Crippen molar-refractivity contribution >= 4 is 9.84 Å². The first-order valence-electron chi connectivity index (χ1n) is 4.88. The van der Waals surface area contributed by atoms with Crippen molar-refractivity contribution in [3.05, 3.63) is 18.2 Å². The molecule has 0 amide bonds. The van der Waals surface area contributed by atoms with Gasteiger partial charge in [-0.25, -0.2) is 13.4 Å². The first kappa shape index (κ1) is 12.2. The van der Waals surface area contributed by atoms with Crippen LogP contribution in [0.25, 0.3) is 0 Å². The third kappa shape index (κ3) is 3.64. The summed E-state index contributed by atoms with van der Waals surface area (Å²) in [5.41, 5.74) is 5.79. The van der Waals surface area contributed by atoms with Crippen molar-refractivity contribution in [1.82, 2.24) is 9.55 Å². The van der Waals surface area contributed by atoms with Crippen LogP contribution in [0.3, 0.4) is 0 Å². The van der Waals surface area contributed by atoms with E-state index in [2.05, 4.69) is 4.98 Å². The van der Waals surface area contributed by atoms with E-state index in [9.17, 15) is 8.42 Å². The number of aromatic nitrogens is 2. The lowest BCUT2D eigenvalue weighted by Gasteiger charge is -2.12. The molecule has 1 heterocycles. The van der Waals surface area contributed by atoms with E-state index in [1.54, 1.807) is 6.20 Å². The van der Waals surface area contributed by atoms with Gasteiger partial charge in [-0.1, -0.05) is 6.92 Å². The Hall–Kier alpha value is -0.880. The van der Waals surface area contributed by atoms with Crippen LogP contribution in [0.4, 0.5) is 0 Å². The van der Waals surface area contributed by atoms with Gasteiger partial charge in [0.2, 0.25) is 0 Å². The van der Waals surface area contributed by atoms with Crippen molar-refractivity contribution in [2.24, 2.45) is 5.73 Å². The summed E-state index contributed by atoms with van der Waals surface area (Å²) in [6, 6.07) is -0.540. The number of hydrogen-bond donors (Lipinski definition) is 1. The molecular formula is C9H17N3O2S. The quantitative estimate of drug-likeness (QED) is 0.792. The fourth-order valence-corrected chi connectivity index (χ4v) is 2.28. The Morgan fingerprint density at radius 2 is 2.27 bits per heavy atom. The van der Waals surface area contributed by atoms with Crippen LogP contribution < -0.4 is 5.73 Å². The van der Waals surface area contributed by atoms with Gasteiger partial charge in [-0.15, -0.1) is 0 Å². The maximum atomic E-state index is 11.1. The second kappa shape index (κ2) is 4.76. The first-order chi connectivity index (χ1) is 6.94. The lowest BCUT2D eigenvalue weighted by atomic mass is 10.3. The highest BCUT2D eigenvalue weighted by Crippen LogP contribution is 2.10. The van der Waals surface area contributed by atoms with Crippen LogP contribution in [-0.4, -0.2) is 30.0 Å². The monoisotopic (exact) mass is 231 g/mol. The van der Waals surface area contributed by atoms with Gasteiger partial charge < -0.3 is 10.3 Å². The summed E-state index contributed by atoms with van der Waals surface area (Å²) in [6.45, 7) is 2.86. The Balaban J connectivity index is 2.81. The molecule has 0 radical (unpaired) electrons. The molecule has 0 saturated heterocycles. The minimum absolute atomic E-state index is 0.0618. The molecule has 0 aliphatic heterocycles. The third-order valence-electron chi connectivity index (χ3n) is 2.03. The van der Waals surface area contributed by atoms with Crippen molar-refractivity contribution in [3.8, 4) is 0 Å². The smallest absolute Gasteiger partial charge is 0.149 e. The fourth-order valence-electron chi connectivity index (χ4n) is 1.48. The molecule has 1 atom stereocenters. The van der Waals surface area contributed by atoms with Gasteiger partial charge in [-0.2, -0.15) is 0 Å². The summed E-state index contributed by atoms with van der Waals surface area (Å²) in [4.78, 5) is 4.09. The number of rotatable bonds is 5. The van der Waals surface area contributed by atoms with Crippen LogP contribution in [0.15, 0.2) is 12.4 Å². The van der Waals surface area contributed by atoms with Crippen LogP contribution >= 0.6 is 0 Å². The molecular weight excluding hydrogens is 214 g/mol. The van der Waals surface area contributed by atoms with Gasteiger partial charge in [0, 0.05) is 25.2 Å². The van der Waals surface area contributed by atoms with E-state index in [1.165, 1.54) is 6.26 Å². The maximum absolute atomic E-state index is 11.1. The zero-order valence-electron chi connectivity index (χ0n) is 9.05. The average molecular weight is 231 g/mol. The molecule has 6 heteroatoms. The van der Waals surface area contributed by atoms with Gasteiger partial charge in [-0.3, -0.25) is 0 Å². The summed E-state index contributed by atoms with van der Waals surface area (Å²) in [5.74, 6) is 0.579. The van der Waals surface area contributed by atoms with Gasteiger partial charge in [0.15, 0.2) is 0 Å². The Kier molecular flexibility index (Phi) is 3.87. The van der Waals surface area contributed by atoms with Crippen molar-refractivity contribution in [2.75, 3.05) is 12.0 Å². The molecule has 86 valence electrons. The normalized spacial score (nSPS) is 14.1.